The molecule has 6 nitrogen and oxygen atoms in total. The van der Waals surface area contributed by atoms with Crippen LogP contribution in [-0.2, 0) is 7.05 Å². The molecule has 0 unspecified atom stereocenters. The summed E-state index contributed by atoms with van der Waals surface area (Å²) in [5.41, 5.74) is 1.88. The molecule has 0 aliphatic rings. The number of hydrogen-bond acceptors (Lipinski definition) is 4. The van der Waals surface area contributed by atoms with E-state index in [4.69, 9.17) is 9.84 Å². The summed E-state index contributed by atoms with van der Waals surface area (Å²) in [5, 5.41) is 13.4. The number of nitrogens with zero attached hydrogens (tertiary/aromatic N) is 2. The van der Waals surface area contributed by atoms with Gasteiger partial charge >= 0.3 is 5.97 Å². The van der Waals surface area contributed by atoms with Crippen LogP contribution in [0.3, 0.4) is 0 Å². The molecule has 0 atom stereocenters. The highest BCUT2D eigenvalue weighted by atomic mass is 16.5. The van der Waals surface area contributed by atoms with Crippen molar-refractivity contribution in [3.63, 3.8) is 0 Å². The number of aryl methyl sites for hydroxylation is 2. The summed E-state index contributed by atoms with van der Waals surface area (Å²) in [6, 6.07) is 6.11. The third-order valence-corrected chi connectivity index (χ3v) is 3.39. The molecular formula is C18H20N2O4. The van der Waals surface area contributed by atoms with Gasteiger partial charge in [-0.25, -0.2) is 4.79 Å². The second kappa shape index (κ2) is 7.12. The average molecular weight is 328 g/mol. The van der Waals surface area contributed by atoms with Gasteiger partial charge in [-0.05, 0) is 57.2 Å². The molecule has 0 aliphatic heterocycles. The molecule has 1 heterocycles. The van der Waals surface area contributed by atoms with Gasteiger partial charge in [0.25, 0.3) is 0 Å². The Hall–Kier alpha value is -2.89. The molecule has 1 aromatic heterocycles. The molecule has 0 radical (unpaired) electrons. The molecule has 1 N–H and O–H groups in total. The number of hydrogen-bond donors (Lipinski definition) is 1. The minimum atomic E-state index is -1.09. The van der Waals surface area contributed by atoms with Crippen molar-refractivity contribution in [3.8, 4) is 5.75 Å². The van der Waals surface area contributed by atoms with Crippen LogP contribution in [0.1, 0.15) is 46.0 Å². The van der Waals surface area contributed by atoms with E-state index in [1.54, 1.807) is 10.8 Å². The molecule has 0 spiro atoms. The van der Waals surface area contributed by atoms with E-state index in [0.29, 0.717) is 11.4 Å². The molecule has 0 saturated heterocycles. The van der Waals surface area contributed by atoms with Gasteiger partial charge in [-0.3, -0.25) is 9.48 Å². The average Bonchev–Trinajstić information content (AvgIpc) is 2.83. The van der Waals surface area contributed by atoms with Crippen LogP contribution in [0, 0.1) is 6.92 Å². The lowest BCUT2D eigenvalue weighted by atomic mass is 10.0. The fourth-order valence-corrected chi connectivity index (χ4v) is 2.13. The van der Waals surface area contributed by atoms with Gasteiger partial charge in [0, 0.05) is 12.7 Å². The van der Waals surface area contributed by atoms with Crippen molar-refractivity contribution in [2.24, 2.45) is 7.05 Å². The Kier molecular flexibility index (Phi) is 5.18. The Labute approximate surface area is 140 Å². The summed E-state index contributed by atoms with van der Waals surface area (Å²) in [6.45, 7) is 5.59. The summed E-state index contributed by atoms with van der Waals surface area (Å²) < 4.78 is 7.32. The number of carbonyl (C=O) groups excluding carboxylic acids is 1. The fraction of sp³-hybridized carbons (Fsp3) is 0.278. The number of rotatable bonds is 6. The number of aromatic nitrogens is 2. The quantitative estimate of drug-likeness (QED) is 0.651. The molecular weight excluding hydrogens is 308 g/mol. The van der Waals surface area contributed by atoms with Crippen molar-refractivity contribution in [2.75, 3.05) is 0 Å². The van der Waals surface area contributed by atoms with E-state index in [-0.39, 0.29) is 23.0 Å². The number of ether oxygens (including phenoxy) is 1. The number of carboxylic acid groups (broad SMARTS) is 1. The minimum absolute atomic E-state index is 0.0385. The van der Waals surface area contributed by atoms with Crippen molar-refractivity contribution in [2.45, 2.75) is 26.9 Å². The van der Waals surface area contributed by atoms with Crippen molar-refractivity contribution >= 4 is 17.8 Å². The highest BCUT2D eigenvalue weighted by Crippen LogP contribution is 2.23. The topological polar surface area (TPSA) is 81.4 Å². The van der Waals surface area contributed by atoms with Crippen LogP contribution in [0.15, 0.2) is 30.3 Å². The lowest BCUT2D eigenvalue weighted by Crippen LogP contribution is -2.10. The second-order valence-corrected chi connectivity index (χ2v) is 5.71. The maximum atomic E-state index is 12.5. The van der Waals surface area contributed by atoms with E-state index in [2.05, 4.69) is 5.10 Å². The summed E-state index contributed by atoms with van der Waals surface area (Å²) in [4.78, 5) is 23.6. The monoisotopic (exact) mass is 328 g/mol. The van der Waals surface area contributed by atoms with Crippen molar-refractivity contribution in [3.05, 3.63) is 52.9 Å². The van der Waals surface area contributed by atoms with E-state index < -0.39 is 5.97 Å². The van der Waals surface area contributed by atoms with Crippen molar-refractivity contribution in [1.29, 1.82) is 0 Å². The lowest BCUT2D eigenvalue weighted by Gasteiger charge is -2.13. The number of aromatic carboxylic acids is 1. The Morgan fingerprint density at radius 2 is 2.00 bits per heavy atom. The first-order chi connectivity index (χ1) is 11.3. The Morgan fingerprint density at radius 3 is 2.54 bits per heavy atom. The van der Waals surface area contributed by atoms with Gasteiger partial charge in [0.15, 0.2) is 5.78 Å². The highest BCUT2D eigenvalue weighted by Gasteiger charge is 2.15. The largest absolute Gasteiger partial charge is 0.490 e. The van der Waals surface area contributed by atoms with Crippen molar-refractivity contribution in [1.82, 2.24) is 9.78 Å². The molecule has 0 saturated carbocycles. The van der Waals surface area contributed by atoms with E-state index in [1.807, 2.05) is 33.9 Å². The summed E-state index contributed by atoms with van der Waals surface area (Å²) in [7, 11) is 1.82. The molecule has 0 amide bonds. The first-order valence-corrected chi connectivity index (χ1v) is 7.55. The predicted molar refractivity (Wildman–Crippen MR) is 90.5 cm³/mol. The predicted octanol–water partition coefficient (Wildman–Crippen LogP) is 3.11. The molecule has 126 valence electrons. The van der Waals surface area contributed by atoms with E-state index in [0.717, 1.165) is 5.69 Å². The molecule has 2 rings (SSSR count). The maximum absolute atomic E-state index is 12.5. The SMILES string of the molecule is Cc1cc(/C=C/C(=O)c2cc(C(=O)O)ccc2OC(C)C)nn1C. The van der Waals surface area contributed by atoms with Crippen LogP contribution in [0.4, 0.5) is 0 Å². The van der Waals surface area contributed by atoms with Gasteiger partial charge in [0.1, 0.15) is 5.75 Å². The maximum Gasteiger partial charge on any atom is 0.335 e. The summed E-state index contributed by atoms with van der Waals surface area (Å²) in [6.07, 6.45) is 2.84. The van der Waals surface area contributed by atoms with Crippen LogP contribution in [-0.4, -0.2) is 32.7 Å². The zero-order valence-electron chi connectivity index (χ0n) is 14.1. The number of carbonyl (C=O) groups is 2. The Balaban J connectivity index is 2.34. The van der Waals surface area contributed by atoms with Crippen LogP contribution >= 0.6 is 0 Å². The second-order valence-electron chi connectivity index (χ2n) is 5.71. The third kappa shape index (κ3) is 4.10. The third-order valence-electron chi connectivity index (χ3n) is 3.39. The Morgan fingerprint density at radius 1 is 1.29 bits per heavy atom. The standard InChI is InChI=1S/C18H20N2O4/c1-11(2)24-17-8-5-13(18(22)23)10-15(17)16(21)7-6-14-9-12(3)20(4)19-14/h5-11H,1-4H3,(H,22,23)/b7-6+. The van der Waals surface area contributed by atoms with E-state index >= 15 is 0 Å². The number of ketones is 1. The van der Waals surface area contributed by atoms with Crippen LogP contribution < -0.4 is 4.74 Å². The minimum Gasteiger partial charge on any atom is -0.490 e. The van der Waals surface area contributed by atoms with Gasteiger partial charge in [-0.1, -0.05) is 0 Å². The first kappa shape index (κ1) is 17.5. The highest BCUT2D eigenvalue weighted by molar-refractivity contribution is 6.09. The van der Waals surface area contributed by atoms with E-state index in [1.165, 1.54) is 24.3 Å². The van der Waals surface area contributed by atoms with Crippen LogP contribution in [0.5, 0.6) is 5.75 Å². The first-order valence-electron chi connectivity index (χ1n) is 7.55. The molecule has 1 aromatic carbocycles. The normalized spacial score (nSPS) is 11.2. The number of allylic oxidation sites excluding steroid dienone is 1. The molecule has 0 fully saturated rings. The molecule has 6 heteroatoms. The number of carboxylic acids is 1. The van der Waals surface area contributed by atoms with Crippen LogP contribution in [0.2, 0.25) is 0 Å². The number of benzene rings is 1. The molecule has 2 aromatic rings. The zero-order chi connectivity index (χ0) is 17.9. The van der Waals surface area contributed by atoms with Gasteiger partial charge in [-0.2, -0.15) is 5.10 Å². The van der Waals surface area contributed by atoms with Gasteiger partial charge in [-0.15, -0.1) is 0 Å². The fourth-order valence-electron chi connectivity index (χ4n) is 2.13. The molecule has 24 heavy (non-hydrogen) atoms. The zero-order valence-corrected chi connectivity index (χ0v) is 14.1. The lowest BCUT2D eigenvalue weighted by molar-refractivity contribution is 0.0697. The summed E-state index contributed by atoms with van der Waals surface area (Å²) in [5.74, 6) is -1.07. The van der Waals surface area contributed by atoms with Crippen molar-refractivity contribution < 1.29 is 19.4 Å². The van der Waals surface area contributed by atoms with E-state index in [9.17, 15) is 9.59 Å². The van der Waals surface area contributed by atoms with Gasteiger partial charge < -0.3 is 9.84 Å². The summed E-state index contributed by atoms with van der Waals surface area (Å²) >= 11 is 0. The van der Waals surface area contributed by atoms with Crippen LogP contribution in [0.25, 0.3) is 6.08 Å². The van der Waals surface area contributed by atoms with Gasteiger partial charge in [0.2, 0.25) is 0 Å². The molecule has 0 aliphatic carbocycles. The Bertz CT molecular complexity index is 784. The van der Waals surface area contributed by atoms with Gasteiger partial charge in [0.05, 0.1) is 22.9 Å². The smallest absolute Gasteiger partial charge is 0.335 e. The molecule has 0 bridgehead atoms.